The molecule has 5 heteroatoms. The van der Waals surface area contributed by atoms with Gasteiger partial charge < -0.3 is 10.2 Å². The SMILES string of the molecule is N#Cc1cccc(C(=O)c2ccc(O)c(C(=O)O)c2)c1. The molecule has 2 aromatic rings. The molecule has 0 saturated carbocycles. The van der Waals surface area contributed by atoms with Crippen LogP contribution in [-0.4, -0.2) is 22.0 Å². The van der Waals surface area contributed by atoms with Gasteiger partial charge in [0.15, 0.2) is 5.78 Å². The zero-order valence-corrected chi connectivity index (χ0v) is 10.2. The molecule has 0 atom stereocenters. The van der Waals surface area contributed by atoms with Crippen molar-refractivity contribution in [2.75, 3.05) is 0 Å². The topological polar surface area (TPSA) is 98.4 Å². The van der Waals surface area contributed by atoms with Gasteiger partial charge in [0.25, 0.3) is 0 Å². The van der Waals surface area contributed by atoms with Crippen LogP contribution < -0.4 is 0 Å². The average Bonchev–Trinajstić information content (AvgIpc) is 2.46. The molecule has 0 spiro atoms. The first-order chi connectivity index (χ1) is 9.52. The van der Waals surface area contributed by atoms with Crippen molar-refractivity contribution in [3.05, 3.63) is 64.7 Å². The molecule has 2 N–H and O–H groups in total. The number of carbonyl (C=O) groups is 2. The van der Waals surface area contributed by atoms with E-state index in [1.54, 1.807) is 12.1 Å². The molecule has 0 aliphatic carbocycles. The third kappa shape index (κ3) is 2.49. The summed E-state index contributed by atoms with van der Waals surface area (Å²) in [6.07, 6.45) is 0. The highest BCUT2D eigenvalue weighted by molar-refractivity contribution is 6.10. The van der Waals surface area contributed by atoms with Crippen LogP contribution in [0, 0.1) is 11.3 Å². The predicted molar refractivity (Wildman–Crippen MR) is 69.7 cm³/mol. The first-order valence-electron chi connectivity index (χ1n) is 5.64. The summed E-state index contributed by atoms with van der Waals surface area (Å²) in [5.41, 5.74) is 0.418. The lowest BCUT2D eigenvalue weighted by Gasteiger charge is -2.04. The number of nitriles is 1. The number of phenols is 1. The number of aromatic carboxylic acids is 1. The summed E-state index contributed by atoms with van der Waals surface area (Å²) in [6.45, 7) is 0. The maximum Gasteiger partial charge on any atom is 0.339 e. The molecule has 98 valence electrons. The summed E-state index contributed by atoms with van der Waals surface area (Å²) >= 11 is 0. The number of carboxylic acids is 1. The lowest BCUT2D eigenvalue weighted by atomic mass is 9.99. The van der Waals surface area contributed by atoms with Crippen molar-refractivity contribution in [1.82, 2.24) is 0 Å². The standard InChI is InChI=1S/C15H9NO4/c16-8-9-2-1-3-10(6-9)14(18)11-4-5-13(17)12(7-11)15(19)20/h1-7,17H,(H,19,20). The molecule has 0 aromatic heterocycles. The maximum absolute atomic E-state index is 12.2. The van der Waals surface area contributed by atoms with Gasteiger partial charge in [0.1, 0.15) is 11.3 Å². The van der Waals surface area contributed by atoms with Gasteiger partial charge in [-0.15, -0.1) is 0 Å². The third-order valence-corrected chi connectivity index (χ3v) is 2.74. The third-order valence-electron chi connectivity index (χ3n) is 2.74. The minimum Gasteiger partial charge on any atom is -0.507 e. The molecule has 0 fully saturated rings. The average molecular weight is 267 g/mol. The second kappa shape index (κ2) is 5.24. The molecule has 0 aliphatic rings. The van der Waals surface area contributed by atoms with E-state index in [0.29, 0.717) is 5.56 Å². The van der Waals surface area contributed by atoms with Gasteiger partial charge >= 0.3 is 5.97 Å². The Morgan fingerprint density at radius 2 is 1.75 bits per heavy atom. The van der Waals surface area contributed by atoms with Crippen LogP contribution in [0.15, 0.2) is 42.5 Å². The van der Waals surface area contributed by atoms with Crippen molar-refractivity contribution in [2.45, 2.75) is 0 Å². The molecule has 0 aliphatic heterocycles. The van der Waals surface area contributed by atoms with Gasteiger partial charge in [-0.2, -0.15) is 5.26 Å². The Hall–Kier alpha value is -3.13. The van der Waals surface area contributed by atoms with Crippen LogP contribution in [0.2, 0.25) is 0 Å². The molecule has 2 rings (SSSR count). The number of benzene rings is 2. The van der Waals surface area contributed by atoms with Gasteiger partial charge in [-0.1, -0.05) is 12.1 Å². The highest BCUT2D eigenvalue weighted by Gasteiger charge is 2.15. The Kier molecular flexibility index (Phi) is 3.49. The molecule has 0 amide bonds. The van der Waals surface area contributed by atoms with Crippen molar-refractivity contribution >= 4 is 11.8 Å². The van der Waals surface area contributed by atoms with E-state index in [2.05, 4.69) is 0 Å². The first kappa shape index (κ1) is 13.3. The van der Waals surface area contributed by atoms with Crippen LogP contribution in [0.25, 0.3) is 0 Å². The van der Waals surface area contributed by atoms with Crippen molar-refractivity contribution in [3.8, 4) is 11.8 Å². The normalized spacial score (nSPS) is 9.75. The Morgan fingerprint density at radius 1 is 1.05 bits per heavy atom. The van der Waals surface area contributed by atoms with Crippen LogP contribution in [-0.2, 0) is 0 Å². The number of carboxylic acid groups (broad SMARTS) is 1. The zero-order chi connectivity index (χ0) is 14.7. The second-order valence-electron chi connectivity index (χ2n) is 4.06. The number of aromatic hydroxyl groups is 1. The quantitative estimate of drug-likeness (QED) is 0.830. The zero-order valence-electron chi connectivity index (χ0n) is 10.2. The molecule has 5 nitrogen and oxygen atoms in total. The number of carbonyl (C=O) groups excluding carboxylic acids is 1. The van der Waals surface area contributed by atoms with Crippen molar-refractivity contribution in [1.29, 1.82) is 5.26 Å². The summed E-state index contributed by atoms with van der Waals surface area (Å²) in [7, 11) is 0. The fourth-order valence-corrected chi connectivity index (χ4v) is 1.75. The molecular formula is C15H9NO4. The van der Waals surface area contributed by atoms with E-state index >= 15 is 0 Å². The minimum absolute atomic E-state index is 0.135. The molecule has 20 heavy (non-hydrogen) atoms. The summed E-state index contributed by atoms with van der Waals surface area (Å²) < 4.78 is 0. The van der Waals surface area contributed by atoms with Gasteiger partial charge in [-0.25, -0.2) is 4.79 Å². The highest BCUT2D eigenvalue weighted by Crippen LogP contribution is 2.20. The molecule has 0 unspecified atom stereocenters. The number of rotatable bonds is 3. The Balaban J connectivity index is 2.46. The van der Waals surface area contributed by atoms with E-state index in [-0.39, 0.29) is 16.7 Å². The maximum atomic E-state index is 12.2. The van der Waals surface area contributed by atoms with Crippen molar-refractivity contribution < 1.29 is 19.8 Å². The highest BCUT2D eigenvalue weighted by atomic mass is 16.4. The molecule has 0 heterocycles. The minimum atomic E-state index is -1.32. The predicted octanol–water partition coefficient (Wildman–Crippen LogP) is 2.19. The van der Waals surface area contributed by atoms with Crippen molar-refractivity contribution in [3.63, 3.8) is 0 Å². The number of hydrogen-bond donors (Lipinski definition) is 2. The van der Waals surface area contributed by atoms with Crippen LogP contribution in [0.4, 0.5) is 0 Å². The largest absolute Gasteiger partial charge is 0.507 e. The van der Waals surface area contributed by atoms with Gasteiger partial charge in [0.2, 0.25) is 0 Å². The summed E-state index contributed by atoms with van der Waals surface area (Å²) in [5.74, 6) is -2.13. The number of hydrogen-bond acceptors (Lipinski definition) is 4. The smallest absolute Gasteiger partial charge is 0.339 e. The molecule has 0 radical (unpaired) electrons. The van der Waals surface area contributed by atoms with E-state index in [9.17, 15) is 14.7 Å². The van der Waals surface area contributed by atoms with E-state index < -0.39 is 17.5 Å². The van der Waals surface area contributed by atoms with Crippen LogP contribution in [0.5, 0.6) is 5.75 Å². The molecule has 0 bridgehead atoms. The van der Waals surface area contributed by atoms with Crippen molar-refractivity contribution in [2.24, 2.45) is 0 Å². The summed E-state index contributed by atoms with van der Waals surface area (Å²) in [5, 5.41) is 27.1. The molecule has 0 saturated heterocycles. The Labute approximate surface area is 114 Å². The van der Waals surface area contributed by atoms with Crippen LogP contribution >= 0.6 is 0 Å². The van der Waals surface area contributed by atoms with Gasteiger partial charge in [-0.05, 0) is 30.3 Å². The molecular weight excluding hydrogens is 258 g/mol. The van der Waals surface area contributed by atoms with Crippen LogP contribution in [0.1, 0.15) is 31.8 Å². The van der Waals surface area contributed by atoms with E-state index in [1.807, 2.05) is 6.07 Å². The lowest BCUT2D eigenvalue weighted by Crippen LogP contribution is -2.05. The summed E-state index contributed by atoms with van der Waals surface area (Å²) in [6, 6.07) is 11.6. The van der Waals surface area contributed by atoms with E-state index in [1.165, 1.54) is 18.2 Å². The number of ketones is 1. The molecule has 2 aromatic carbocycles. The lowest BCUT2D eigenvalue weighted by molar-refractivity contribution is 0.0693. The van der Waals surface area contributed by atoms with Gasteiger partial charge in [0.05, 0.1) is 11.6 Å². The monoisotopic (exact) mass is 267 g/mol. The Morgan fingerprint density at radius 3 is 2.40 bits per heavy atom. The van der Waals surface area contributed by atoms with E-state index in [4.69, 9.17) is 10.4 Å². The number of nitrogens with zero attached hydrogens (tertiary/aromatic N) is 1. The fourth-order valence-electron chi connectivity index (χ4n) is 1.75. The fraction of sp³-hybridized carbons (Fsp3) is 0. The Bertz CT molecular complexity index is 744. The van der Waals surface area contributed by atoms with Gasteiger partial charge in [0, 0.05) is 11.1 Å². The second-order valence-corrected chi connectivity index (χ2v) is 4.06. The summed E-state index contributed by atoms with van der Waals surface area (Å²) in [4.78, 5) is 23.1. The van der Waals surface area contributed by atoms with Gasteiger partial charge in [-0.3, -0.25) is 4.79 Å². The van der Waals surface area contributed by atoms with E-state index in [0.717, 1.165) is 12.1 Å². The first-order valence-corrected chi connectivity index (χ1v) is 5.64. The van der Waals surface area contributed by atoms with Crippen LogP contribution in [0.3, 0.4) is 0 Å².